The molecule has 2 aromatic rings. The summed E-state index contributed by atoms with van der Waals surface area (Å²) in [6.07, 6.45) is 7.92. The van der Waals surface area contributed by atoms with Gasteiger partial charge in [-0.3, -0.25) is 14.3 Å². The van der Waals surface area contributed by atoms with Crippen LogP contribution in [0.25, 0.3) is 0 Å². The van der Waals surface area contributed by atoms with Gasteiger partial charge in [-0.2, -0.15) is 5.10 Å². The highest BCUT2D eigenvalue weighted by molar-refractivity contribution is 5.97. The van der Waals surface area contributed by atoms with Crippen molar-refractivity contribution in [1.29, 1.82) is 0 Å². The van der Waals surface area contributed by atoms with E-state index >= 15 is 0 Å². The first-order chi connectivity index (χ1) is 15.5. The van der Waals surface area contributed by atoms with Crippen LogP contribution in [0.15, 0.2) is 30.5 Å². The minimum absolute atomic E-state index is 0.0532. The number of ether oxygens (including phenoxy) is 1. The number of nitrogens with one attached hydrogen (secondary N) is 1. The first-order valence-corrected chi connectivity index (χ1v) is 11.8. The number of aromatic nitrogens is 2. The number of piperidine rings is 1. The summed E-state index contributed by atoms with van der Waals surface area (Å²) in [6.45, 7) is 7.26. The second-order valence-corrected chi connectivity index (χ2v) is 9.15. The van der Waals surface area contributed by atoms with E-state index in [9.17, 15) is 9.59 Å². The van der Waals surface area contributed by atoms with Crippen LogP contribution in [0.4, 0.5) is 0 Å². The van der Waals surface area contributed by atoms with E-state index in [1.165, 1.54) is 0 Å². The summed E-state index contributed by atoms with van der Waals surface area (Å²) in [4.78, 5) is 28.3. The first kappa shape index (κ1) is 22.4. The molecule has 0 radical (unpaired) electrons. The van der Waals surface area contributed by atoms with E-state index in [0.717, 1.165) is 57.3 Å². The Kier molecular flexibility index (Phi) is 6.82. The van der Waals surface area contributed by atoms with E-state index in [4.69, 9.17) is 4.74 Å². The summed E-state index contributed by atoms with van der Waals surface area (Å²) in [6, 6.07) is 7.43. The molecule has 1 atom stereocenters. The van der Waals surface area contributed by atoms with E-state index in [-0.39, 0.29) is 17.2 Å². The quantitative estimate of drug-likeness (QED) is 0.773. The zero-order valence-electron chi connectivity index (χ0n) is 19.2. The molecule has 1 aromatic heterocycles. The molecule has 2 aliphatic heterocycles. The molecule has 2 aliphatic rings. The molecule has 0 saturated carbocycles. The number of hydrogen-bond donors (Lipinski definition) is 1. The van der Waals surface area contributed by atoms with Gasteiger partial charge in [-0.05, 0) is 51.7 Å². The number of rotatable bonds is 2. The van der Waals surface area contributed by atoms with E-state index in [1.54, 1.807) is 0 Å². The Bertz CT molecular complexity index is 970. The maximum Gasteiger partial charge on any atom is 0.257 e. The third kappa shape index (κ3) is 4.81. The molecule has 7 heteroatoms. The van der Waals surface area contributed by atoms with Crippen LogP contribution in [-0.2, 0) is 6.54 Å². The van der Waals surface area contributed by atoms with Gasteiger partial charge in [-0.15, -0.1) is 0 Å². The highest BCUT2D eigenvalue weighted by atomic mass is 16.5. The van der Waals surface area contributed by atoms with Gasteiger partial charge in [0.25, 0.3) is 11.8 Å². The van der Waals surface area contributed by atoms with Crippen molar-refractivity contribution in [2.75, 3.05) is 26.2 Å². The van der Waals surface area contributed by atoms with Crippen LogP contribution >= 0.6 is 0 Å². The number of aryl methyl sites for hydroxylation is 2. The zero-order chi connectivity index (χ0) is 22.6. The molecular formula is C25H34N4O3. The summed E-state index contributed by atoms with van der Waals surface area (Å²) in [5, 5.41) is 7.62. The third-order valence-corrected chi connectivity index (χ3v) is 6.81. The Balaban J connectivity index is 1.53. The summed E-state index contributed by atoms with van der Waals surface area (Å²) in [5.74, 6) is 0.588. The monoisotopic (exact) mass is 438 g/mol. The van der Waals surface area contributed by atoms with Crippen LogP contribution in [0.5, 0.6) is 5.75 Å². The highest BCUT2D eigenvalue weighted by Crippen LogP contribution is 2.36. The van der Waals surface area contributed by atoms with E-state index in [1.807, 2.05) is 53.9 Å². The maximum absolute atomic E-state index is 13.3. The van der Waals surface area contributed by atoms with Gasteiger partial charge in [0.1, 0.15) is 5.75 Å². The second kappa shape index (κ2) is 9.76. The third-order valence-electron chi connectivity index (χ3n) is 6.81. The van der Waals surface area contributed by atoms with Crippen LogP contribution in [0.2, 0.25) is 0 Å². The Hall–Kier alpha value is -2.83. The molecule has 0 bridgehead atoms. The van der Waals surface area contributed by atoms with Crippen LogP contribution in [-0.4, -0.2) is 52.7 Å². The lowest BCUT2D eigenvalue weighted by molar-refractivity contribution is 0.0468. The minimum atomic E-state index is -0.107. The fraction of sp³-hybridized carbons (Fsp3) is 0.560. The number of para-hydroxylation sites is 1. The van der Waals surface area contributed by atoms with Gasteiger partial charge in [0.15, 0.2) is 0 Å². The lowest BCUT2D eigenvalue weighted by atomic mass is 9.75. The average Bonchev–Trinajstić information content (AvgIpc) is 3.20. The maximum atomic E-state index is 13.3. The molecule has 172 valence electrons. The summed E-state index contributed by atoms with van der Waals surface area (Å²) in [7, 11) is 0. The van der Waals surface area contributed by atoms with Crippen LogP contribution in [0.1, 0.15) is 71.9 Å². The van der Waals surface area contributed by atoms with E-state index in [0.29, 0.717) is 36.6 Å². The first-order valence-electron chi connectivity index (χ1n) is 11.8. The Labute approximate surface area is 190 Å². The number of benzene rings is 1. The summed E-state index contributed by atoms with van der Waals surface area (Å²) < 4.78 is 7.68. The smallest absolute Gasteiger partial charge is 0.257 e. The molecular weight excluding hydrogens is 404 g/mol. The fourth-order valence-corrected chi connectivity index (χ4v) is 4.98. The molecule has 1 spiro atoms. The SMILES string of the molecule is CCn1cc(C(=O)N2CCCC3(CCCCCOc4ccccc4C(=O)NC3)C2)c(C)n1. The highest BCUT2D eigenvalue weighted by Gasteiger charge is 2.38. The van der Waals surface area contributed by atoms with E-state index < -0.39 is 0 Å². The van der Waals surface area contributed by atoms with Crippen molar-refractivity contribution in [2.45, 2.75) is 58.9 Å². The number of hydrogen-bond acceptors (Lipinski definition) is 4. The van der Waals surface area contributed by atoms with Crippen molar-refractivity contribution in [3.63, 3.8) is 0 Å². The number of amides is 2. The normalized spacial score (nSPS) is 22.3. The van der Waals surface area contributed by atoms with Crippen LogP contribution in [0.3, 0.4) is 0 Å². The second-order valence-electron chi connectivity index (χ2n) is 9.15. The van der Waals surface area contributed by atoms with Crippen LogP contribution < -0.4 is 10.1 Å². The molecule has 4 rings (SSSR count). The molecule has 3 heterocycles. The van der Waals surface area contributed by atoms with Gasteiger partial charge in [-0.25, -0.2) is 0 Å². The fourth-order valence-electron chi connectivity index (χ4n) is 4.98. The number of nitrogens with zero attached hydrogens (tertiary/aromatic N) is 3. The van der Waals surface area contributed by atoms with Gasteiger partial charge < -0.3 is 15.0 Å². The summed E-state index contributed by atoms with van der Waals surface area (Å²) in [5.41, 5.74) is 1.94. The van der Waals surface area contributed by atoms with Crippen molar-refractivity contribution in [3.8, 4) is 5.75 Å². The Morgan fingerprint density at radius 3 is 2.81 bits per heavy atom. The molecule has 1 unspecified atom stereocenters. The van der Waals surface area contributed by atoms with Crippen molar-refractivity contribution in [3.05, 3.63) is 47.3 Å². The molecule has 7 nitrogen and oxygen atoms in total. The van der Waals surface area contributed by atoms with Crippen molar-refractivity contribution in [1.82, 2.24) is 20.0 Å². The lowest BCUT2D eigenvalue weighted by Gasteiger charge is -2.43. The molecule has 1 saturated heterocycles. The molecule has 2 amide bonds. The minimum Gasteiger partial charge on any atom is -0.493 e. The molecule has 1 fully saturated rings. The van der Waals surface area contributed by atoms with Gasteiger partial charge in [0.2, 0.25) is 0 Å². The molecule has 0 aliphatic carbocycles. The van der Waals surface area contributed by atoms with Crippen molar-refractivity contribution >= 4 is 11.8 Å². The van der Waals surface area contributed by atoms with Gasteiger partial charge in [-0.1, -0.05) is 25.0 Å². The zero-order valence-corrected chi connectivity index (χ0v) is 19.2. The standard InChI is InChI=1S/C25H34N4O3/c1-3-29-16-21(19(2)27-29)24(31)28-14-9-13-25(18-28)12-7-4-8-15-32-22-11-6-5-10-20(22)23(30)26-17-25/h5-6,10-11,16H,3-4,7-9,12-15,17-18H2,1-2H3,(H,26,30). The largest absolute Gasteiger partial charge is 0.493 e. The molecule has 1 N–H and O–H groups in total. The number of likely N-dealkylation sites (tertiary alicyclic amines) is 1. The predicted octanol–water partition coefficient (Wildman–Crippen LogP) is 3.82. The average molecular weight is 439 g/mol. The number of carbonyl (C=O) groups is 2. The van der Waals surface area contributed by atoms with Crippen molar-refractivity contribution < 1.29 is 14.3 Å². The van der Waals surface area contributed by atoms with Gasteiger partial charge >= 0.3 is 0 Å². The van der Waals surface area contributed by atoms with Gasteiger partial charge in [0.05, 0.1) is 23.4 Å². The van der Waals surface area contributed by atoms with Crippen molar-refractivity contribution in [2.24, 2.45) is 5.41 Å². The molecule has 32 heavy (non-hydrogen) atoms. The topological polar surface area (TPSA) is 76.5 Å². The number of carbonyl (C=O) groups excluding carboxylic acids is 2. The van der Waals surface area contributed by atoms with Gasteiger partial charge in [0, 0.05) is 37.8 Å². The molecule has 1 aromatic carbocycles. The predicted molar refractivity (Wildman–Crippen MR) is 123 cm³/mol. The lowest BCUT2D eigenvalue weighted by Crippen LogP contribution is -2.51. The Morgan fingerprint density at radius 1 is 1.19 bits per heavy atom. The Morgan fingerprint density at radius 2 is 2.00 bits per heavy atom. The number of fused-ring (bicyclic) bond motifs is 1. The van der Waals surface area contributed by atoms with E-state index in [2.05, 4.69) is 10.4 Å². The summed E-state index contributed by atoms with van der Waals surface area (Å²) >= 11 is 0. The van der Waals surface area contributed by atoms with Crippen LogP contribution in [0, 0.1) is 12.3 Å².